The molecule has 0 aromatic heterocycles. The van der Waals surface area contributed by atoms with Crippen LogP contribution in [-0.4, -0.2) is 36.2 Å². The molecule has 2 nitrogen and oxygen atoms in total. The lowest BCUT2D eigenvalue weighted by molar-refractivity contribution is -0.187. The normalized spacial score (nSPS) is 22.6. The van der Waals surface area contributed by atoms with Crippen LogP contribution in [0.25, 0.3) is 0 Å². The third kappa shape index (κ3) is 3.72. The van der Waals surface area contributed by atoms with Gasteiger partial charge in [0.05, 0.1) is 0 Å². The van der Waals surface area contributed by atoms with Crippen molar-refractivity contribution in [1.82, 2.24) is 4.90 Å². The smallest absolute Gasteiger partial charge is 0.326 e. The lowest BCUT2D eigenvalue weighted by Gasteiger charge is -2.39. The molecule has 1 aliphatic heterocycles. The molecule has 2 N–H and O–H groups in total. The van der Waals surface area contributed by atoms with Crippen LogP contribution in [0.5, 0.6) is 0 Å². The van der Waals surface area contributed by atoms with Crippen LogP contribution in [0.3, 0.4) is 0 Å². The Labute approximate surface area is 107 Å². The molecule has 1 aliphatic rings. The predicted octanol–water partition coefficient (Wildman–Crippen LogP) is 2.94. The van der Waals surface area contributed by atoms with Crippen molar-refractivity contribution in [2.45, 2.75) is 52.4 Å². The second kappa shape index (κ2) is 5.21. The Morgan fingerprint density at radius 3 is 2.11 bits per heavy atom. The van der Waals surface area contributed by atoms with E-state index in [1.54, 1.807) is 0 Å². The van der Waals surface area contributed by atoms with E-state index in [1.807, 2.05) is 6.08 Å². The van der Waals surface area contributed by atoms with Gasteiger partial charge in [0.25, 0.3) is 0 Å². The molecule has 0 amide bonds. The standard InChI is InChI=1S/C13H23F3N2/c1-9(17)11(13(14,15)16)18-7-5-10(6-8-18)12(2,3)4/h5,9,11H,6-8,17H2,1-4H3. The number of nitrogens with zero attached hydrogens (tertiary/aromatic N) is 1. The quantitative estimate of drug-likeness (QED) is 0.777. The van der Waals surface area contributed by atoms with E-state index in [0.717, 1.165) is 0 Å². The van der Waals surface area contributed by atoms with E-state index in [9.17, 15) is 13.2 Å². The van der Waals surface area contributed by atoms with Crippen molar-refractivity contribution in [3.63, 3.8) is 0 Å². The van der Waals surface area contributed by atoms with Gasteiger partial charge < -0.3 is 5.73 Å². The van der Waals surface area contributed by atoms with Crippen molar-refractivity contribution in [2.75, 3.05) is 13.1 Å². The summed E-state index contributed by atoms with van der Waals surface area (Å²) in [6.07, 6.45) is -1.66. The van der Waals surface area contributed by atoms with Gasteiger partial charge >= 0.3 is 6.18 Å². The fourth-order valence-electron chi connectivity index (χ4n) is 2.46. The Bertz CT molecular complexity index is 313. The summed E-state index contributed by atoms with van der Waals surface area (Å²) in [4.78, 5) is 1.43. The van der Waals surface area contributed by atoms with Gasteiger partial charge in [0, 0.05) is 19.1 Å². The molecule has 0 saturated carbocycles. The number of halogens is 3. The minimum Gasteiger partial charge on any atom is -0.326 e. The van der Waals surface area contributed by atoms with Gasteiger partial charge in [-0.15, -0.1) is 0 Å². The zero-order valence-corrected chi connectivity index (χ0v) is 11.5. The number of alkyl halides is 3. The van der Waals surface area contributed by atoms with E-state index < -0.39 is 18.3 Å². The van der Waals surface area contributed by atoms with E-state index in [-0.39, 0.29) is 5.41 Å². The van der Waals surface area contributed by atoms with Gasteiger partial charge in [0.2, 0.25) is 0 Å². The third-order valence-electron chi connectivity index (χ3n) is 3.43. The first-order valence-electron chi connectivity index (χ1n) is 6.29. The first-order valence-corrected chi connectivity index (χ1v) is 6.29. The average molecular weight is 264 g/mol. The number of nitrogens with two attached hydrogens (primary N) is 1. The summed E-state index contributed by atoms with van der Waals surface area (Å²) in [6, 6.07) is -2.45. The predicted molar refractivity (Wildman–Crippen MR) is 67.2 cm³/mol. The number of hydrogen-bond donors (Lipinski definition) is 1. The molecule has 2 unspecified atom stereocenters. The first-order chi connectivity index (χ1) is 8.03. The van der Waals surface area contributed by atoms with E-state index in [1.165, 1.54) is 17.4 Å². The molecule has 0 bridgehead atoms. The van der Waals surface area contributed by atoms with E-state index in [4.69, 9.17) is 5.73 Å². The average Bonchev–Trinajstić information content (AvgIpc) is 2.13. The second-order valence-electron chi connectivity index (χ2n) is 6.07. The van der Waals surface area contributed by atoms with Crippen molar-refractivity contribution in [3.8, 4) is 0 Å². The zero-order chi connectivity index (χ0) is 14.1. The maximum Gasteiger partial charge on any atom is 0.405 e. The molecule has 1 rings (SSSR count). The van der Waals surface area contributed by atoms with Gasteiger partial charge in [-0.1, -0.05) is 32.4 Å². The summed E-state index contributed by atoms with van der Waals surface area (Å²) < 4.78 is 38.8. The molecule has 5 heteroatoms. The van der Waals surface area contributed by atoms with Crippen molar-refractivity contribution < 1.29 is 13.2 Å². The van der Waals surface area contributed by atoms with Crippen LogP contribution >= 0.6 is 0 Å². The van der Waals surface area contributed by atoms with Gasteiger partial charge in [-0.3, -0.25) is 4.90 Å². The SMILES string of the molecule is CC(N)C(N1CC=C(C(C)(C)C)CC1)C(F)(F)F. The highest BCUT2D eigenvalue weighted by Crippen LogP contribution is 2.33. The molecular formula is C13H23F3N2. The fraction of sp³-hybridized carbons (Fsp3) is 0.846. The molecule has 0 aromatic rings. The van der Waals surface area contributed by atoms with Gasteiger partial charge in [0.15, 0.2) is 0 Å². The van der Waals surface area contributed by atoms with Gasteiger partial charge in [-0.2, -0.15) is 13.2 Å². The molecule has 106 valence electrons. The summed E-state index contributed by atoms with van der Waals surface area (Å²) in [5.41, 5.74) is 6.75. The van der Waals surface area contributed by atoms with Gasteiger partial charge in [-0.25, -0.2) is 0 Å². The Morgan fingerprint density at radius 2 is 1.83 bits per heavy atom. The van der Waals surface area contributed by atoms with Crippen LogP contribution in [0.1, 0.15) is 34.1 Å². The van der Waals surface area contributed by atoms with Crippen molar-refractivity contribution >= 4 is 0 Å². The summed E-state index contributed by atoms with van der Waals surface area (Å²) in [5, 5.41) is 0. The monoisotopic (exact) mass is 264 g/mol. The van der Waals surface area contributed by atoms with Crippen LogP contribution < -0.4 is 5.73 Å². The molecule has 0 fully saturated rings. The molecule has 0 radical (unpaired) electrons. The third-order valence-corrected chi connectivity index (χ3v) is 3.43. The van der Waals surface area contributed by atoms with E-state index in [0.29, 0.717) is 19.5 Å². The zero-order valence-electron chi connectivity index (χ0n) is 11.5. The highest BCUT2D eigenvalue weighted by molar-refractivity contribution is 5.15. The first kappa shape index (κ1) is 15.5. The van der Waals surface area contributed by atoms with E-state index in [2.05, 4.69) is 20.8 Å². The van der Waals surface area contributed by atoms with E-state index >= 15 is 0 Å². The Balaban J connectivity index is 2.80. The maximum absolute atomic E-state index is 12.9. The summed E-state index contributed by atoms with van der Waals surface area (Å²) in [6.45, 7) is 8.43. The molecule has 0 aliphatic carbocycles. The lowest BCUT2D eigenvalue weighted by atomic mass is 9.82. The fourth-order valence-corrected chi connectivity index (χ4v) is 2.46. The minimum absolute atomic E-state index is 0.0359. The van der Waals surface area contributed by atoms with Crippen molar-refractivity contribution in [3.05, 3.63) is 11.6 Å². The highest BCUT2D eigenvalue weighted by Gasteiger charge is 2.46. The minimum atomic E-state index is -4.26. The molecule has 0 saturated heterocycles. The maximum atomic E-state index is 12.9. The Kier molecular flexibility index (Phi) is 4.49. The van der Waals surface area contributed by atoms with Crippen LogP contribution in [0.2, 0.25) is 0 Å². The van der Waals surface area contributed by atoms with Crippen LogP contribution in [0.15, 0.2) is 11.6 Å². The van der Waals surface area contributed by atoms with Crippen LogP contribution in [0.4, 0.5) is 13.2 Å². The summed E-state index contributed by atoms with van der Waals surface area (Å²) >= 11 is 0. The molecular weight excluding hydrogens is 241 g/mol. The highest BCUT2D eigenvalue weighted by atomic mass is 19.4. The molecule has 2 atom stereocenters. The van der Waals surface area contributed by atoms with Crippen LogP contribution in [-0.2, 0) is 0 Å². The Hall–Kier alpha value is -0.550. The topological polar surface area (TPSA) is 29.3 Å². The van der Waals surface area contributed by atoms with Gasteiger partial charge in [0.1, 0.15) is 6.04 Å². The van der Waals surface area contributed by atoms with Crippen LogP contribution in [0, 0.1) is 5.41 Å². The largest absolute Gasteiger partial charge is 0.405 e. The van der Waals surface area contributed by atoms with Crippen molar-refractivity contribution in [2.24, 2.45) is 11.1 Å². The van der Waals surface area contributed by atoms with Crippen molar-refractivity contribution in [1.29, 1.82) is 0 Å². The molecule has 1 heterocycles. The number of rotatable bonds is 2. The lowest BCUT2D eigenvalue weighted by Crippen LogP contribution is -2.56. The second-order valence-corrected chi connectivity index (χ2v) is 6.07. The summed E-state index contributed by atoms with van der Waals surface area (Å²) in [5.74, 6) is 0. The Morgan fingerprint density at radius 1 is 1.28 bits per heavy atom. The number of hydrogen-bond acceptors (Lipinski definition) is 2. The summed E-state index contributed by atoms with van der Waals surface area (Å²) in [7, 11) is 0. The molecule has 18 heavy (non-hydrogen) atoms. The van der Waals surface area contributed by atoms with Gasteiger partial charge in [-0.05, 0) is 18.8 Å². The molecule has 0 spiro atoms. The molecule has 0 aromatic carbocycles.